The van der Waals surface area contributed by atoms with Gasteiger partial charge in [0.1, 0.15) is 11.8 Å². The van der Waals surface area contributed by atoms with E-state index in [0.29, 0.717) is 11.5 Å². The van der Waals surface area contributed by atoms with E-state index in [2.05, 4.69) is 10.5 Å². The van der Waals surface area contributed by atoms with Crippen molar-refractivity contribution in [3.05, 3.63) is 90.5 Å². The maximum atomic E-state index is 13.5. The summed E-state index contributed by atoms with van der Waals surface area (Å²) in [6.45, 7) is 1.00. The maximum absolute atomic E-state index is 13.5. The van der Waals surface area contributed by atoms with Crippen molar-refractivity contribution in [2.24, 2.45) is 5.10 Å². The van der Waals surface area contributed by atoms with E-state index < -0.39 is 32.0 Å². The Hall–Kier alpha value is -3.58. The third-order valence-electron chi connectivity index (χ3n) is 6.17. The molecule has 1 atom stereocenters. The predicted molar refractivity (Wildman–Crippen MR) is 143 cm³/mol. The number of carbonyl (C=O) groups excluding carboxylic acids is 1. The normalized spacial score (nSPS) is 17.6. The van der Waals surface area contributed by atoms with Crippen molar-refractivity contribution in [1.29, 1.82) is 0 Å². The summed E-state index contributed by atoms with van der Waals surface area (Å²) in [6.07, 6.45) is 0. The van der Waals surface area contributed by atoms with E-state index in [4.69, 9.17) is 4.74 Å². The van der Waals surface area contributed by atoms with Crippen LogP contribution in [0.3, 0.4) is 0 Å². The summed E-state index contributed by atoms with van der Waals surface area (Å²) in [5.41, 5.74) is 3.63. The van der Waals surface area contributed by atoms with Crippen LogP contribution in [0, 0.1) is 0 Å². The summed E-state index contributed by atoms with van der Waals surface area (Å²) in [7, 11) is -6.51. The first-order valence-electron chi connectivity index (χ1n) is 11.8. The van der Waals surface area contributed by atoms with Gasteiger partial charge < -0.3 is 4.74 Å². The van der Waals surface area contributed by atoms with Crippen LogP contribution in [0.4, 0.5) is 0 Å². The number of nitrogens with one attached hydrogen (secondary N) is 1. The zero-order valence-corrected chi connectivity index (χ0v) is 22.5. The Kier molecular flexibility index (Phi) is 8.26. The summed E-state index contributed by atoms with van der Waals surface area (Å²) in [6, 6.07) is 21.2. The van der Waals surface area contributed by atoms with Crippen LogP contribution >= 0.6 is 0 Å². The van der Waals surface area contributed by atoms with Crippen LogP contribution in [0.1, 0.15) is 12.5 Å². The number of nitrogens with zero attached hydrogens (tertiary/aromatic N) is 3. The first-order valence-corrected chi connectivity index (χ1v) is 14.6. The SMILES string of the molecule is COc1ccc(/C(C)=N\NC(=O)[C@@H]2CN(S(=O)(=O)c3ccccc3)CCN2S(=O)(=O)c2ccccc2)cc1. The number of amides is 1. The first-order chi connectivity index (χ1) is 18.1. The second-order valence-corrected chi connectivity index (χ2v) is 12.4. The molecule has 200 valence electrons. The zero-order chi connectivity index (χ0) is 27.3. The Balaban J connectivity index is 1.63. The summed E-state index contributed by atoms with van der Waals surface area (Å²) in [4.78, 5) is 13.4. The van der Waals surface area contributed by atoms with Gasteiger partial charge in [-0.3, -0.25) is 4.79 Å². The summed E-state index contributed by atoms with van der Waals surface area (Å²) in [5, 5.41) is 4.15. The number of methoxy groups -OCH3 is 1. The largest absolute Gasteiger partial charge is 0.497 e. The van der Waals surface area contributed by atoms with E-state index >= 15 is 0 Å². The standard InChI is InChI=1S/C26H28N4O6S2/c1-20(21-13-15-22(36-2)16-14-21)27-28-26(31)25-19-29(37(32,33)23-9-5-3-6-10-23)17-18-30(25)38(34,35)24-11-7-4-8-12-24/h3-16,25H,17-19H2,1-2H3,(H,28,31)/b27-20-/t25-/m0/s1. The van der Waals surface area contributed by atoms with Gasteiger partial charge in [-0.25, -0.2) is 22.3 Å². The number of piperazine rings is 1. The van der Waals surface area contributed by atoms with Crippen molar-refractivity contribution in [1.82, 2.24) is 14.0 Å². The van der Waals surface area contributed by atoms with E-state index in [1.54, 1.807) is 74.7 Å². The molecule has 0 aromatic heterocycles. The number of sulfonamides is 2. The fraction of sp³-hybridized carbons (Fsp3) is 0.231. The maximum Gasteiger partial charge on any atom is 0.259 e. The van der Waals surface area contributed by atoms with Crippen LogP contribution in [-0.2, 0) is 24.8 Å². The highest BCUT2D eigenvalue weighted by Gasteiger charge is 2.43. The van der Waals surface area contributed by atoms with Gasteiger partial charge in [-0.2, -0.15) is 13.7 Å². The van der Waals surface area contributed by atoms with Gasteiger partial charge in [0.15, 0.2) is 0 Å². The van der Waals surface area contributed by atoms with Crippen molar-refractivity contribution in [3.63, 3.8) is 0 Å². The molecule has 4 rings (SSSR count). The Morgan fingerprint density at radius 3 is 1.95 bits per heavy atom. The monoisotopic (exact) mass is 556 g/mol. The summed E-state index contributed by atoms with van der Waals surface area (Å²) >= 11 is 0. The number of hydrogen-bond acceptors (Lipinski definition) is 7. The molecule has 3 aromatic carbocycles. The fourth-order valence-electron chi connectivity index (χ4n) is 4.04. The molecule has 0 unspecified atom stereocenters. The molecular formula is C26H28N4O6S2. The van der Waals surface area contributed by atoms with Gasteiger partial charge in [-0.15, -0.1) is 0 Å². The van der Waals surface area contributed by atoms with Gasteiger partial charge >= 0.3 is 0 Å². The molecule has 38 heavy (non-hydrogen) atoms. The van der Waals surface area contributed by atoms with Crippen molar-refractivity contribution in [2.45, 2.75) is 22.8 Å². The minimum atomic E-state index is -4.10. The molecule has 1 saturated heterocycles. The predicted octanol–water partition coefficient (Wildman–Crippen LogP) is 2.30. The quantitative estimate of drug-likeness (QED) is 0.335. The number of benzene rings is 3. The number of carbonyl (C=O) groups is 1. The Morgan fingerprint density at radius 1 is 0.842 bits per heavy atom. The Labute approximate surface area is 222 Å². The van der Waals surface area contributed by atoms with Crippen molar-refractivity contribution in [2.75, 3.05) is 26.7 Å². The van der Waals surface area contributed by atoms with Gasteiger partial charge in [-0.05, 0) is 61.0 Å². The van der Waals surface area contributed by atoms with E-state index in [0.717, 1.165) is 14.2 Å². The molecule has 0 aliphatic carbocycles. The molecule has 0 spiro atoms. The Bertz CT molecular complexity index is 1510. The second kappa shape index (κ2) is 11.4. The van der Waals surface area contributed by atoms with Crippen LogP contribution < -0.4 is 10.2 Å². The van der Waals surface area contributed by atoms with Crippen LogP contribution in [0.25, 0.3) is 0 Å². The zero-order valence-electron chi connectivity index (χ0n) is 20.9. The highest BCUT2D eigenvalue weighted by Crippen LogP contribution is 2.25. The van der Waals surface area contributed by atoms with E-state index in [-0.39, 0.29) is 29.4 Å². The van der Waals surface area contributed by atoms with Crippen LogP contribution in [0.2, 0.25) is 0 Å². The van der Waals surface area contributed by atoms with Crippen molar-refractivity contribution in [3.8, 4) is 5.75 Å². The molecule has 1 aliphatic rings. The molecule has 1 N–H and O–H groups in total. The molecular weight excluding hydrogens is 528 g/mol. The summed E-state index contributed by atoms with van der Waals surface area (Å²) < 4.78 is 60.8. The smallest absolute Gasteiger partial charge is 0.259 e. The molecule has 1 aliphatic heterocycles. The van der Waals surface area contributed by atoms with Gasteiger partial charge in [0, 0.05) is 19.6 Å². The highest BCUT2D eigenvalue weighted by molar-refractivity contribution is 7.89. The fourth-order valence-corrected chi connectivity index (χ4v) is 7.09. The Morgan fingerprint density at radius 2 is 1.39 bits per heavy atom. The number of ether oxygens (including phenoxy) is 1. The van der Waals surface area contributed by atoms with Crippen LogP contribution in [0.5, 0.6) is 5.75 Å². The second-order valence-electron chi connectivity index (χ2n) is 8.52. The highest BCUT2D eigenvalue weighted by atomic mass is 32.2. The summed E-state index contributed by atoms with van der Waals surface area (Å²) in [5.74, 6) is -0.0837. The molecule has 10 nitrogen and oxygen atoms in total. The van der Waals surface area contributed by atoms with Gasteiger partial charge in [0.05, 0.1) is 22.6 Å². The lowest BCUT2D eigenvalue weighted by molar-refractivity contribution is -0.125. The van der Waals surface area contributed by atoms with Gasteiger partial charge in [0.2, 0.25) is 20.0 Å². The minimum Gasteiger partial charge on any atom is -0.497 e. The van der Waals surface area contributed by atoms with Crippen LogP contribution in [0.15, 0.2) is 99.8 Å². The lowest BCUT2D eigenvalue weighted by Gasteiger charge is -2.38. The van der Waals surface area contributed by atoms with Gasteiger partial charge in [-0.1, -0.05) is 36.4 Å². The molecule has 0 radical (unpaired) electrons. The van der Waals surface area contributed by atoms with Gasteiger partial charge in [0.25, 0.3) is 5.91 Å². The lowest BCUT2D eigenvalue weighted by Crippen LogP contribution is -2.60. The third-order valence-corrected chi connectivity index (χ3v) is 9.97. The first kappa shape index (κ1) is 27.5. The number of hydrazone groups is 1. The molecule has 0 saturated carbocycles. The molecule has 1 amide bonds. The van der Waals surface area contributed by atoms with E-state index in [1.807, 2.05) is 0 Å². The molecule has 1 heterocycles. The average molecular weight is 557 g/mol. The lowest BCUT2D eigenvalue weighted by atomic mass is 10.1. The molecule has 0 bridgehead atoms. The number of rotatable bonds is 8. The topological polar surface area (TPSA) is 125 Å². The third kappa shape index (κ3) is 5.78. The number of hydrogen-bond donors (Lipinski definition) is 1. The van der Waals surface area contributed by atoms with E-state index in [9.17, 15) is 21.6 Å². The average Bonchev–Trinajstić information content (AvgIpc) is 2.96. The van der Waals surface area contributed by atoms with E-state index in [1.165, 1.54) is 24.3 Å². The molecule has 12 heteroatoms. The van der Waals surface area contributed by atoms with Crippen LogP contribution in [-0.4, -0.2) is 69.9 Å². The van der Waals surface area contributed by atoms with Crippen molar-refractivity contribution < 1.29 is 26.4 Å². The molecule has 1 fully saturated rings. The molecule has 3 aromatic rings. The minimum absolute atomic E-state index is 0.00933. The van der Waals surface area contributed by atoms with Crippen molar-refractivity contribution >= 4 is 31.7 Å².